The van der Waals surface area contributed by atoms with Crippen molar-refractivity contribution in [3.63, 3.8) is 0 Å². The fourth-order valence-corrected chi connectivity index (χ4v) is 2.04. The maximum absolute atomic E-state index is 6.00. The van der Waals surface area contributed by atoms with Crippen LogP contribution in [-0.2, 0) is 7.05 Å². The molecule has 90 valence electrons. The molecule has 1 unspecified atom stereocenters. The van der Waals surface area contributed by atoms with Gasteiger partial charge in [-0.3, -0.25) is 4.68 Å². The molecule has 0 amide bonds. The van der Waals surface area contributed by atoms with Crippen LogP contribution < -0.4 is 5.32 Å². The lowest BCUT2D eigenvalue weighted by Gasteiger charge is -2.17. The van der Waals surface area contributed by atoms with Crippen LogP contribution in [0.2, 0.25) is 5.02 Å². The van der Waals surface area contributed by atoms with Gasteiger partial charge in [0.05, 0.1) is 11.7 Å². The van der Waals surface area contributed by atoms with E-state index in [1.807, 2.05) is 36.0 Å². The molecule has 1 atom stereocenters. The summed E-state index contributed by atoms with van der Waals surface area (Å²) in [5.41, 5.74) is 3.39. The Labute approximate surface area is 106 Å². The highest BCUT2D eigenvalue weighted by atomic mass is 35.5. The second-order valence-electron chi connectivity index (χ2n) is 4.20. The summed E-state index contributed by atoms with van der Waals surface area (Å²) < 4.78 is 1.87. The summed E-state index contributed by atoms with van der Waals surface area (Å²) in [6.45, 7) is 4.17. The van der Waals surface area contributed by atoms with Gasteiger partial charge in [-0.25, -0.2) is 0 Å². The molecule has 1 aromatic heterocycles. The quantitative estimate of drug-likeness (QED) is 0.902. The molecular formula is C13H16ClN3. The van der Waals surface area contributed by atoms with Gasteiger partial charge in [0.15, 0.2) is 0 Å². The number of anilines is 1. The largest absolute Gasteiger partial charge is 0.377 e. The molecule has 0 radical (unpaired) electrons. The summed E-state index contributed by atoms with van der Waals surface area (Å²) in [6, 6.07) is 8.07. The van der Waals surface area contributed by atoms with Gasteiger partial charge in [-0.15, -0.1) is 0 Å². The standard InChI is InChI=1S/C13H16ClN3/c1-9-4-5-11(14)8-12(9)16-10(2)13-6-7-15-17(13)3/h4-8,10,16H,1-3H3. The van der Waals surface area contributed by atoms with E-state index in [1.54, 1.807) is 6.20 Å². The van der Waals surface area contributed by atoms with E-state index in [4.69, 9.17) is 11.6 Å². The summed E-state index contributed by atoms with van der Waals surface area (Å²) in [5.74, 6) is 0. The minimum absolute atomic E-state index is 0.194. The molecule has 0 saturated carbocycles. The van der Waals surface area contributed by atoms with Gasteiger partial charge in [0.25, 0.3) is 0 Å². The fraction of sp³-hybridized carbons (Fsp3) is 0.308. The lowest BCUT2D eigenvalue weighted by molar-refractivity contribution is 0.675. The number of hydrogen-bond acceptors (Lipinski definition) is 2. The molecule has 1 aromatic carbocycles. The highest BCUT2D eigenvalue weighted by Crippen LogP contribution is 2.24. The Morgan fingerprint density at radius 3 is 2.76 bits per heavy atom. The van der Waals surface area contributed by atoms with E-state index in [9.17, 15) is 0 Å². The number of hydrogen-bond donors (Lipinski definition) is 1. The van der Waals surface area contributed by atoms with Crippen LogP contribution >= 0.6 is 11.6 Å². The van der Waals surface area contributed by atoms with Gasteiger partial charge < -0.3 is 5.32 Å². The summed E-state index contributed by atoms with van der Waals surface area (Å²) in [7, 11) is 1.94. The topological polar surface area (TPSA) is 29.9 Å². The Morgan fingerprint density at radius 1 is 1.35 bits per heavy atom. The highest BCUT2D eigenvalue weighted by molar-refractivity contribution is 6.30. The molecular weight excluding hydrogens is 234 g/mol. The third-order valence-electron chi connectivity index (χ3n) is 2.87. The number of nitrogens with one attached hydrogen (secondary N) is 1. The summed E-state index contributed by atoms with van der Waals surface area (Å²) in [4.78, 5) is 0. The Kier molecular flexibility index (Phi) is 3.38. The number of aryl methyl sites for hydroxylation is 2. The van der Waals surface area contributed by atoms with E-state index >= 15 is 0 Å². The predicted molar refractivity (Wildman–Crippen MR) is 71.4 cm³/mol. The van der Waals surface area contributed by atoms with Gasteiger partial charge in [0.1, 0.15) is 0 Å². The number of rotatable bonds is 3. The summed E-state index contributed by atoms with van der Waals surface area (Å²) in [6.07, 6.45) is 1.80. The second kappa shape index (κ2) is 4.80. The van der Waals surface area contributed by atoms with Crippen molar-refractivity contribution < 1.29 is 0 Å². The first kappa shape index (κ1) is 12.0. The smallest absolute Gasteiger partial charge is 0.0654 e. The normalized spacial score (nSPS) is 12.5. The number of aromatic nitrogens is 2. The zero-order valence-corrected chi connectivity index (χ0v) is 11.0. The van der Waals surface area contributed by atoms with Crippen molar-refractivity contribution in [1.82, 2.24) is 9.78 Å². The first-order valence-corrected chi connectivity index (χ1v) is 5.96. The molecule has 1 heterocycles. The zero-order chi connectivity index (χ0) is 12.4. The molecule has 4 heteroatoms. The van der Waals surface area contributed by atoms with Gasteiger partial charge in [0.2, 0.25) is 0 Å². The molecule has 0 spiro atoms. The Balaban J connectivity index is 2.21. The number of nitrogens with zero attached hydrogens (tertiary/aromatic N) is 2. The van der Waals surface area contributed by atoms with Crippen molar-refractivity contribution in [3.8, 4) is 0 Å². The fourth-order valence-electron chi connectivity index (χ4n) is 1.87. The molecule has 2 rings (SSSR count). The third-order valence-corrected chi connectivity index (χ3v) is 3.11. The zero-order valence-electron chi connectivity index (χ0n) is 10.2. The van der Waals surface area contributed by atoms with Gasteiger partial charge in [-0.2, -0.15) is 5.10 Å². The van der Waals surface area contributed by atoms with E-state index in [1.165, 1.54) is 5.56 Å². The molecule has 0 saturated heterocycles. The van der Waals surface area contributed by atoms with Gasteiger partial charge in [-0.1, -0.05) is 17.7 Å². The van der Waals surface area contributed by atoms with E-state index in [2.05, 4.69) is 24.3 Å². The molecule has 0 fully saturated rings. The van der Waals surface area contributed by atoms with E-state index in [-0.39, 0.29) is 6.04 Å². The maximum atomic E-state index is 6.00. The Bertz CT molecular complexity index is 519. The van der Waals surface area contributed by atoms with Crippen LogP contribution in [0.15, 0.2) is 30.5 Å². The minimum Gasteiger partial charge on any atom is -0.377 e. The molecule has 3 nitrogen and oxygen atoms in total. The number of benzene rings is 1. The van der Waals surface area contributed by atoms with Crippen molar-refractivity contribution >= 4 is 17.3 Å². The molecule has 17 heavy (non-hydrogen) atoms. The lowest BCUT2D eigenvalue weighted by Crippen LogP contribution is -2.12. The first-order valence-electron chi connectivity index (χ1n) is 5.58. The first-order chi connectivity index (χ1) is 8.08. The molecule has 1 N–H and O–H groups in total. The monoisotopic (exact) mass is 249 g/mol. The van der Waals surface area contributed by atoms with E-state index in [0.717, 1.165) is 16.4 Å². The van der Waals surface area contributed by atoms with Gasteiger partial charge in [0, 0.05) is 24.0 Å². The molecule has 0 aliphatic heterocycles. The van der Waals surface area contributed by atoms with Gasteiger partial charge in [-0.05, 0) is 37.6 Å². The van der Waals surface area contributed by atoms with Crippen LogP contribution in [0, 0.1) is 6.92 Å². The van der Waals surface area contributed by atoms with Crippen molar-refractivity contribution in [3.05, 3.63) is 46.7 Å². The van der Waals surface area contributed by atoms with Crippen LogP contribution in [0.3, 0.4) is 0 Å². The van der Waals surface area contributed by atoms with Crippen molar-refractivity contribution in [1.29, 1.82) is 0 Å². The maximum Gasteiger partial charge on any atom is 0.0654 e. The predicted octanol–water partition coefficient (Wildman–Crippen LogP) is 3.56. The highest BCUT2D eigenvalue weighted by Gasteiger charge is 2.10. The van der Waals surface area contributed by atoms with Crippen LogP contribution in [-0.4, -0.2) is 9.78 Å². The second-order valence-corrected chi connectivity index (χ2v) is 4.64. The Morgan fingerprint density at radius 2 is 2.12 bits per heavy atom. The van der Waals surface area contributed by atoms with Crippen LogP contribution in [0.25, 0.3) is 0 Å². The summed E-state index contributed by atoms with van der Waals surface area (Å²) in [5, 5.41) is 8.36. The molecule has 0 aliphatic rings. The average Bonchev–Trinajstić information content (AvgIpc) is 2.70. The number of halogens is 1. The van der Waals surface area contributed by atoms with E-state index < -0.39 is 0 Å². The van der Waals surface area contributed by atoms with Crippen molar-refractivity contribution in [2.75, 3.05) is 5.32 Å². The van der Waals surface area contributed by atoms with Gasteiger partial charge >= 0.3 is 0 Å². The van der Waals surface area contributed by atoms with Crippen LogP contribution in [0.4, 0.5) is 5.69 Å². The molecule has 0 bridgehead atoms. The minimum atomic E-state index is 0.194. The van der Waals surface area contributed by atoms with Crippen LogP contribution in [0.5, 0.6) is 0 Å². The SMILES string of the molecule is Cc1ccc(Cl)cc1NC(C)c1ccnn1C. The molecule has 2 aromatic rings. The molecule has 0 aliphatic carbocycles. The van der Waals surface area contributed by atoms with Crippen molar-refractivity contribution in [2.45, 2.75) is 19.9 Å². The Hall–Kier alpha value is -1.48. The lowest BCUT2D eigenvalue weighted by atomic mass is 10.1. The summed E-state index contributed by atoms with van der Waals surface area (Å²) >= 11 is 6.00. The van der Waals surface area contributed by atoms with E-state index in [0.29, 0.717) is 0 Å². The average molecular weight is 250 g/mol. The van der Waals surface area contributed by atoms with Crippen LogP contribution in [0.1, 0.15) is 24.2 Å². The third kappa shape index (κ3) is 2.61. The van der Waals surface area contributed by atoms with Crippen molar-refractivity contribution in [2.24, 2.45) is 7.05 Å².